The van der Waals surface area contributed by atoms with Crippen LogP contribution in [-0.4, -0.2) is 45.8 Å². The molecule has 1 aromatic carbocycles. The summed E-state index contributed by atoms with van der Waals surface area (Å²) >= 11 is 0. The summed E-state index contributed by atoms with van der Waals surface area (Å²) < 4.78 is 35.3. The van der Waals surface area contributed by atoms with Crippen LogP contribution in [0.4, 0.5) is 11.5 Å². The summed E-state index contributed by atoms with van der Waals surface area (Å²) in [4.78, 5) is 6.50. The van der Waals surface area contributed by atoms with E-state index in [4.69, 9.17) is 9.47 Å². The number of nitrogens with one attached hydrogen (secondary N) is 1. The molecule has 0 bridgehead atoms. The molecule has 1 aliphatic rings. The molecule has 3 rings (SSSR count). The van der Waals surface area contributed by atoms with Crippen LogP contribution in [0.25, 0.3) is 0 Å². The molecule has 0 saturated heterocycles. The van der Waals surface area contributed by atoms with Crippen molar-refractivity contribution in [3.8, 4) is 11.5 Å². The maximum atomic E-state index is 12.1. The molecule has 0 fully saturated rings. The lowest BCUT2D eigenvalue weighted by molar-refractivity contribution is 0.310. The Morgan fingerprint density at radius 1 is 1.30 bits per heavy atom. The first-order chi connectivity index (χ1) is 12.8. The number of hydrogen-bond donors (Lipinski definition) is 1. The molecule has 2 heterocycles. The number of anilines is 2. The van der Waals surface area contributed by atoms with Gasteiger partial charge in [-0.2, -0.15) is 0 Å². The minimum absolute atomic E-state index is 0.0262. The highest BCUT2D eigenvalue weighted by Gasteiger charge is 2.31. The predicted octanol–water partition coefficient (Wildman–Crippen LogP) is 2.77. The molecule has 0 aliphatic carbocycles. The molecule has 8 heteroatoms. The van der Waals surface area contributed by atoms with Crippen LogP contribution in [-0.2, 0) is 9.84 Å². The number of fused-ring (bicyclic) bond motifs is 1. The summed E-state index contributed by atoms with van der Waals surface area (Å²) in [6.45, 7) is 4.85. The van der Waals surface area contributed by atoms with Gasteiger partial charge in [-0.25, -0.2) is 13.4 Å². The van der Waals surface area contributed by atoms with Gasteiger partial charge in [0.05, 0.1) is 37.9 Å². The Morgan fingerprint density at radius 2 is 2.07 bits per heavy atom. The van der Waals surface area contributed by atoms with Gasteiger partial charge in [0.25, 0.3) is 0 Å². The second kappa shape index (κ2) is 7.64. The third-order valence-electron chi connectivity index (χ3n) is 4.42. The maximum Gasteiger partial charge on any atom is 0.161 e. The number of nitrogens with zero attached hydrogens (tertiary/aromatic N) is 2. The van der Waals surface area contributed by atoms with E-state index in [1.54, 1.807) is 13.3 Å². The topological polar surface area (TPSA) is 80.8 Å². The fraction of sp³-hybridized carbons (Fsp3) is 0.421. The number of rotatable bonds is 7. The number of sulfone groups is 1. The van der Waals surface area contributed by atoms with Crippen molar-refractivity contribution in [1.82, 2.24) is 4.98 Å². The second-order valence-electron chi connectivity index (χ2n) is 6.64. The summed E-state index contributed by atoms with van der Waals surface area (Å²) in [7, 11) is -1.65. The van der Waals surface area contributed by atoms with Crippen LogP contribution >= 0.6 is 0 Å². The van der Waals surface area contributed by atoms with Gasteiger partial charge in [0.1, 0.15) is 9.84 Å². The molecule has 0 saturated carbocycles. The number of aryl methyl sites for hydroxylation is 1. The van der Waals surface area contributed by atoms with Crippen molar-refractivity contribution in [1.29, 1.82) is 0 Å². The van der Waals surface area contributed by atoms with Gasteiger partial charge < -0.3 is 19.7 Å². The molecular weight excluding hydrogens is 366 g/mol. The normalized spacial score (nSPS) is 14.4. The van der Waals surface area contributed by atoms with E-state index < -0.39 is 15.9 Å². The molecule has 0 spiro atoms. The molecule has 0 radical (unpaired) electrons. The van der Waals surface area contributed by atoms with E-state index in [9.17, 15) is 8.42 Å². The number of hydrogen-bond acceptors (Lipinski definition) is 7. The first-order valence-electron chi connectivity index (χ1n) is 8.78. The first-order valence-corrected chi connectivity index (χ1v) is 10.8. The lowest BCUT2D eigenvalue weighted by atomic mass is 10.1. The highest BCUT2D eigenvalue weighted by molar-refractivity contribution is 7.90. The van der Waals surface area contributed by atoms with E-state index in [-0.39, 0.29) is 5.75 Å². The van der Waals surface area contributed by atoms with E-state index in [2.05, 4.69) is 10.3 Å². The predicted molar refractivity (Wildman–Crippen MR) is 107 cm³/mol. The van der Waals surface area contributed by atoms with Crippen LogP contribution in [0, 0.1) is 6.92 Å². The molecule has 1 aliphatic heterocycles. The molecule has 1 N–H and O–H groups in total. The summed E-state index contributed by atoms with van der Waals surface area (Å²) in [5.41, 5.74) is 2.79. The van der Waals surface area contributed by atoms with Crippen molar-refractivity contribution in [3.05, 3.63) is 41.6 Å². The highest BCUT2D eigenvalue weighted by Crippen LogP contribution is 2.39. The number of pyridine rings is 1. The molecule has 146 valence electrons. The van der Waals surface area contributed by atoms with Crippen molar-refractivity contribution in [2.24, 2.45) is 0 Å². The highest BCUT2D eigenvalue weighted by atomic mass is 32.2. The SMILES string of the molecule is CCOc1cc(C(CS(C)(=O)=O)N2CNc3cc(C)cnc32)ccc1OC. The molecule has 2 aromatic rings. The van der Waals surface area contributed by atoms with Crippen LogP contribution in [0.1, 0.15) is 24.1 Å². The minimum atomic E-state index is -3.23. The van der Waals surface area contributed by atoms with Crippen LogP contribution in [0.15, 0.2) is 30.5 Å². The molecule has 7 nitrogen and oxygen atoms in total. The average Bonchev–Trinajstić information content (AvgIpc) is 3.02. The Morgan fingerprint density at radius 3 is 2.74 bits per heavy atom. The van der Waals surface area contributed by atoms with Gasteiger partial charge in [-0.05, 0) is 43.2 Å². The molecule has 1 atom stereocenters. The monoisotopic (exact) mass is 391 g/mol. The van der Waals surface area contributed by atoms with Gasteiger partial charge in [-0.15, -0.1) is 0 Å². The molecule has 1 unspecified atom stereocenters. The summed E-state index contributed by atoms with van der Waals surface area (Å²) in [6, 6.07) is 7.16. The lowest BCUT2D eigenvalue weighted by Gasteiger charge is -2.29. The Hall–Kier alpha value is -2.48. The number of aromatic nitrogens is 1. The zero-order chi connectivity index (χ0) is 19.6. The van der Waals surface area contributed by atoms with Crippen molar-refractivity contribution >= 4 is 21.3 Å². The van der Waals surface area contributed by atoms with E-state index in [1.165, 1.54) is 6.26 Å². The standard InChI is InChI=1S/C19H25N3O4S/c1-5-26-18-9-14(6-7-17(18)25-3)16(11-27(4,23)24)22-12-21-15-8-13(2)10-20-19(15)22/h6-10,16,21H,5,11-12H2,1-4H3. The number of methoxy groups -OCH3 is 1. The van der Waals surface area contributed by atoms with Crippen molar-refractivity contribution in [2.45, 2.75) is 19.9 Å². The van der Waals surface area contributed by atoms with Gasteiger partial charge in [0, 0.05) is 12.5 Å². The Kier molecular flexibility index (Phi) is 5.46. The van der Waals surface area contributed by atoms with E-state index in [0.717, 1.165) is 22.6 Å². The smallest absolute Gasteiger partial charge is 0.161 e. The Bertz CT molecular complexity index is 931. The minimum Gasteiger partial charge on any atom is -0.493 e. The van der Waals surface area contributed by atoms with E-state index in [1.807, 2.05) is 43.0 Å². The number of benzene rings is 1. The van der Waals surface area contributed by atoms with Crippen molar-refractivity contribution < 1.29 is 17.9 Å². The van der Waals surface area contributed by atoms with Crippen LogP contribution in [0.2, 0.25) is 0 Å². The van der Waals surface area contributed by atoms with Gasteiger partial charge in [0.15, 0.2) is 17.3 Å². The third-order valence-corrected chi connectivity index (χ3v) is 5.35. The molecule has 27 heavy (non-hydrogen) atoms. The Balaban J connectivity index is 2.05. The van der Waals surface area contributed by atoms with Crippen molar-refractivity contribution in [3.63, 3.8) is 0 Å². The van der Waals surface area contributed by atoms with Gasteiger partial charge in [0.2, 0.25) is 0 Å². The quantitative estimate of drug-likeness (QED) is 0.777. The Labute approximate surface area is 160 Å². The summed E-state index contributed by atoms with van der Waals surface area (Å²) in [5, 5.41) is 3.30. The second-order valence-corrected chi connectivity index (χ2v) is 8.82. The molecular formula is C19H25N3O4S. The lowest BCUT2D eigenvalue weighted by Crippen LogP contribution is -2.33. The molecule has 0 amide bonds. The zero-order valence-corrected chi connectivity index (χ0v) is 16.8. The fourth-order valence-corrected chi connectivity index (χ4v) is 4.19. The fourth-order valence-electron chi connectivity index (χ4n) is 3.25. The van der Waals surface area contributed by atoms with Crippen LogP contribution < -0.4 is 19.7 Å². The van der Waals surface area contributed by atoms with Crippen LogP contribution in [0.3, 0.4) is 0 Å². The van der Waals surface area contributed by atoms with Gasteiger partial charge >= 0.3 is 0 Å². The maximum absolute atomic E-state index is 12.1. The molecule has 1 aromatic heterocycles. The van der Waals surface area contributed by atoms with Gasteiger partial charge in [-0.3, -0.25) is 0 Å². The van der Waals surface area contributed by atoms with Crippen molar-refractivity contribution in [2.75, 3.05) is 42.6 Å². The summed E-state index contributed by atoms with van der Waals surface area (Å²) in [6.07, 6.45) is 3.04. The van der Waals surface area contributed by atoms with E-state index in [0.29, 0.717) is 24.8 Å². The number of ether oxygens (including phenoxy) is 2. The van der Waals surface area contributed by atoms with Crippen LogP contribution in [0.5, 0.6) is 11.5 Å². The van der Waals surface area contributed by atoms with E-state index >= 15 is 0 Å². The largest absolute Gasteiger partial charge is 0.493 e. The first kappa shape index (κ1) is 19.3. The van der Waals surface area contributed by atoms with Gasteiger partial charge in [-0.1, -0.05) is 6.07 Å². The average molecular weight is 391 g/mol. The third kappa shape index (κ3) is 4.27. The summed E-state index contributed by atoms with van der Waals surface area (Å²) in [5.74, 6) is 1.94. The zero-order valence-electron chi connectivity index (χ0n) is 16.0.